The smallest absolute Gasteiger partial charge is 0.267 e. The van der Waals surface area contributed by atoms with Crippen LogP contribution in [0.25, 0.3) is 21.5 Å². The van der Waals surface area contributed by atoms with Gasteiger partial charge in [-0.25, -0.2) is 0 Å². The molecule has 0 unspecified atom stereocenters. The summed E-state index contributed by atoms with van der Waals surface area (Å²) < 4.78 is 0. The van der Waals surface area contributed by atoms with Crippen molar-refractivity contribution in [2.75, 3.05) is 0 Å². The van der Waals surface area contributed by atoms with Gasteiger partial charge in [0.25, 0.3) is 5.91 Å². The summed E-state index contributed by atoms with van der Waals surface area (Å²) in [5.41, 5.74) is 7.56. The van der Waals surface area contributed by atoms with Crippen molar-refractivity contribution >= 4 is 27.5 Å². The summed E-state index contributed by atoms with van der Waals surface area (Å²) in [5.74, 6) is -0.639. The normalized spacial score (nSPS) is 10.8. The molecular weight excluding hydrogens is 210 g/mol. The number of amides is 1. The molecule has 17 heavy (non-hydrogen) atoms. The number of hydrogen-bond acceptors (Lipinski definition) is 1. The quantitative estimate of drug-likeness (QED) is 0.579. The Morgan fingerprint density at radius 3 is 2.00 bits per heavy atom. The SMILES string of the molecule is [NH]C(=O)c1ccc2cc3ccccc3cc2c1. The van der Waals surface area contributed by atoms with E-state index in [-0.39, 0.29) is 0 Å². The molecule has 1 N–H and O–H groups in total. The summed E-state index contributed by atoms with van der Waals surface area (Å²) in [7, 11) is 0. The van der Waals surface area contributed by atoms with Crippen molar-refractivity contribution in [2.45, 2.75) is 0 Å². The second kappa shape index (κ2) is 3.59. The minimum Gasteiger partial charge on any atom is -0.267 e. The molecule has 0 spiro atoms. The number of benzene rings is 3. The zero-order valence-corrected chi connectivity index (χ0v) is 9.10. The van der Waals surface area contributed by atoms with Crippen molar-refractivity contribution in [3.8, 4) is 0 Å². The maximum atomic E-state index is 11.0. The van der Waals surface area contributed by atoms with Crippen LogP contribution in [0.5, 0.6) is 0 Å². The van der Waals surface area contributed by atoms with Crippen LogP contribution in [0, 0.1) is 0 Å². The molecule has 0 saturated heterocycles. The summed E-state index contributed by atoms with van der Waals surface area (Å²) >= 11 is 0. The number of rotatable bonds is 1. The molecule has 81 valence electrons. The van der Waals surface area contributed by atoms with Crippen molar-refractivity contribution < 1.29 is 4.79 Å². The van der Waals surface area contributed by atoms with Crippen LogP contribution in [0.15, 0.2) is 54.6 Å². The lowest BCUT2D eigenvalue weighted by atomic mass is 10.0. The highest BCUT2D eigenvalue weighted by atomic mass is 16.1. The highest BCUT2D eigenvalue weighted by Gasteiger charge is 2.03. The van der Waals surface area contributed by atoms with E-state index in [1.165, 1.54) is 5.39 Å². The number of carbonyl (C=O) groups is 1. The number of hydrogen-bond donors (Lipinski definition) is 0. The maximum absolute atomic E-state index is 11.0. The minimum absolute atomic E-state index is 0.438. The van der Waals surface area contributed by atoms with Crippen LogP contribution < -0.4 is 5.73 Å². The van der Waals surface area contributed by atoms with Crippen LogP contribution in [-0.2, 0) is 0 Å². The van der Waals surface area contributed by atoms with Crippen LogP contribution in [0.2, 0.25) is 0 Å². The molecule has 0 bridgehead atoms. The van der Waals surface area contributed by atoms with Crippen molar-refractivity contribution in [3.63, 3.8) is 0 Å². The van der Waals surface area contributed by atoms with E-state index >= 15 is 0 Å². The van der Waals surface area contributed by atoms with Gasteiger partial charge in [0.2, 0.25) is 0 Å². The van der Waals surface area contributed by atoms with Gasteiger partial charge in [-0.3, -0.25) is 10.5 Å². The number of nitrogens with one attached hydrogen (secondary N) is 1. The maximum Gasteiger partial charge on any atom is 0.269 e. The predicted octanol–water partition coefficient (Wildman–Crippen LogP) is 3.42. The molecule has 2 heteroatoms. The average molecular weight is 220 g/mol. The molecule has 1 radical (unpaired) electrons. The van der Waals surface area contributed by atoms with Crippen molar-refractivity contribution in [1.82, 2.24) is 5.73 Å². The largest absolute Gasteiger partial charge is 0.269 e. The monoisotopic (exact) mass is 220 g/mol. The average Bonchev–Trinajstić information content (AvgIpc) is 2.35. The van der Waals surface area contributed by atoms with Gasteiger partial charge in [-0.05, 0) is 45.8 Å². The molecule has 0 saturated carbocycles. The van der Waals surface area contributed by atoms with Crippen LogP contribution in [-0.4, -0.2) is 5.91 Å². The first kappa shape index (κ1) is 9.85. The first-order valence-corrected chi connectivity index (χ1v) is 5.42. The zero-order chi connectivity index (χ0) is 11.8. The third-order valence-electron chi connectivity index (χ3n) is 2.97. The van der Waals surface area contributed by atoms with E-state index < -0.39 is 5.91 Å². The summed E-state index contributed by atoms with van der Waals surface area (Å²) in [6.07, 6.45) is 0. The van der Waals surface area contributed by atoms with Crippen LogP contribution in [0.4, 0.5) is 0 Å². The highest BCUT2D eigenvalue weighted by Crippen LogP contribution is 2.23. The number of fused-ring (bicyclic) bond motifs is 2. The summed E-state index contributed by atoms with van der Waals surface area (Å²) in [5, 5.41) is 4.43. The number of carbonyl (C=O) groups excluding carboxylic acids is 1. The van der Waals surface area contributed by atoms with Gasteiger partial charge in [0.1, 0.15) is 0 Å². The van der Waals surface area contributed by atoms with Gasteiger partial charge in [0.15, 0.2) is 0 Å². The Morgan fingerprint density at radius 1 is 0.765 bits per heavy atom. The molecule has 1 amide bonds. The van der Waals surface area contributed by atoms with Gasteiger partial charge in [-0.1, -0.05) is 30.3 Å². The lowest BCUT2D eigenvalue weighted by Crippen LogP contribution is -1.97. The lowest BCUT2D eigenvalue weighted by molar-refractivity contribution is 0.0992. The molecule has 0 fully saturated rings. The van der Waals surface area contributed by atoms with E-state index in [0.717, 1.165) is 16.2 Å². The fraction of sp³-hybridized carbons (Fsp3) is 0. The molecule has 0 atom stereocenters. The molecule has 3 rings (SSSR count). The molecule has 0 aliphatic carbocycles. The second-order valence-electron chi connectivity index (χ2n) is 4.09. The van der Waals surface area contributed by atoms with Gasteiger partial charge in [0.05, 0.1) is 0 Å². The molecule has 0 aliphatic heterocycles. The third-order valence-corrected chi connectivity index (χ3v) is 2.97. The molecule has 3 aromatic rings. The molecular formula is C15H10NO. The van der Waals surface area contributed by atoms with Gasteiger partial charge >= 0.3 is 0 Å². The molecule has 0 aliphatic rings. The minimum atomic E-state index is -0.639. The zero-order valence-electron chi connectivity index (χ0n) is 9.10. The summed E-state index contributed by atoms with van der Waals surface area (Å²) in [4.78, 5) is 11.0. The van der Waals surface area contributed by atoms with Crippen LogP contribution >= 0.6 is 0 Å². The molecule has 2 nitrogen and oxygen atoms in total. The first-order valence-electron chi connectivity index (χ1n) is 5.42. The van der Waals surface area contributed by atoms with Gasteiger partial charge in [-0.2, -0.15) is 0 Å². The van der Waals surface area contributed by atoms with Crippen molar-refractivity contribution in [3.05, 3.63) is 60.2 Å². The van der Waals surface area contributed by atoms with Gasteiger partial charge < -0.3 is 0 Å². The first-order chi connectivity index (χ1) is 8.24. The Kier molecular flexibility index (Phi) is 2.08. The van der Waals surface area contributed by atoms with Gasteiger partial charge in [-0.15, -0.1) is 0 Å². The Labute approximate surface area is 98.7 Å². The second-order valence-corrected chi connectivity index (χ2v) is 4.09. The Bertz CT molecular complexity index is 731. The molecule has 0 aromatic heterocycles. The Hall–Kier alpha value is -2.35. The Balaban J connectivity index is 2.36. The van der Waals surface area contributed by atoms with E-state index in [4.69, 9.17) is 5.73 Å². The molecule has 3 aromatic carbocycles. The Morgan fingerprint density at radius 2 is 1.35 bits per heavy atom. The molecule has 0 heterocycles. The van der Waals surface area contributed by atoms with Crippen LogP contribution in [0.1, 0.15) is 10.4 Å². The third kappa shape index (κ3) is 1.64. The van der Waals surface area contributed by atoms with E-state index in [9.17, 15) is 4.79 Å². The standard InChI is InChI=1S/C15H10NO/c16-15(17)13-6-5-12-7-10-3-1-2-4-11(10)8-14(12)9-13/h1-9,16H. The fourth-order valence-electron chi connectivity index (χ4n) is 2.08. The summed E-state index contributed by atoms with van der Waals surface area (Å²) in [6.45, 7) is 0. The van der Waals surface area contributed by atoms with E-state index in [0.29, 0.717) is 5.56 Å². The van der Waals surface area contributed by atoms with Crippen molar-refractivity contribution in [1.29, 1.82) is 0 Å². The van der Waals surface area contributed by atoms with Crippen LogP contribution in [0.3, 0.4) is 0 Å². The van der Waals surface area contributed by atoms with E-state index in [1.54, 1.807) is 12.1 Å². The fourth-order valence-corrected chi connectivity index (χ4v) is 2.08. The predicted molar refractivity (Wildman–Crippen MR) is 68.9 cm³/mol. The van der Waals surface area contributed by atoms with Crippen molar-refractivity contribution in [2.24, 2.45) is 0 Å². The van der Waals surface area contributed by atoms with E-state index in [2.05, 4.69) is 18.2 Å². The van der Waals surface area contributed by atoms with E-state index in [1.807, 2.05) is 24.3 Å². The lowest BCUT2D eigenvalue weighted by Gasteiger charge is -2.03. The highest BCUT2D eigenvalue weighted by molar-refractivity contribution is 6.02. The summed E-state index contributed by atoms with van der Waals surface area (Å²) in [6, 6.07) is 17.6. The van der Waals surface area contributed by atoms with Gasteiger partial charge in [0, 0.05) is 5.56 Å². The topological polar surface area (TPSA) is 40.9 Å².